The first kappa shape index (κ1) is 14.0. The molecule has 0 aromatic heterocycles. The molecule has 0 spiro atoms. The maximum absolute atomic E-state index is 10.2. The van der Waals surface area contributed by atoms with Gasteiger partial charge in [0.2, 0.25) is 0 Å². The predicted octanol–water partition coefficient (Wildman–Crippen LogP) is 0.585. The van der Waals surface area contributed by atoms with Crippen LogP contribution in [-0.4, -0.2) is 29.0 Å². The van der Waals surface area contributed by atoms with E-state index in [4.69, 9.17) is 9.79 Å². The van der Waals surface area contributed by atoms with Crippen LogP contribution in [0.3, 0.4) is 0 Å². The largest absolute Gasteiger partial charge is 0.326 e. The monoisotopic (exact) mass is 203 g/mol. The Kier molecular flexibility index (Phi) is 8.97. The summed E-state index contributed by atoms with van der Waals surface area (Å²) in [5.74, 6) is 0. The van der Waals surface area contributed by atoms with E-state index < -0.39 is 7.60 Å². The summed E-state index contributed by atoms with van der Waals surface area (Å²) in [5.41, 5.74) is 0. The highest BCUT2D eigenvalue weighted by atomic mass is 35.5. The van der Waals surface area contributed by atoms with Gasteiger partial charge in [-0.3, -0.25) is 4.57 Å². The van der Waals surface area contributed by atoms with E-state index in [1.807, 2.05) is 6.92 Å². The maximum Gasteiger partial charge on any atom is 0.326 e. The molecular weight excluding hydrogens is 188 g/mol. The molecule has 0 saturated carbocycles. The first-order chi connectivity index (χ1) is 4.56. The first-order valence-corrected chi connectivity index (χ1v) is 5.11. The molecule has 0 fully saturated rings. The van der Waals surface area contributed by atoms with Crippen molar-refractivity contribution in [2.45, 2.75) is 13.3 Å². The van der Waals surface area contributed by atoms with Gasteiger partial charge in [-0.15, -0.1) is 12.4 Å². The molecule has 0 amide bonds. The molecule has 0 aromatic carbocycles. The van der Waals surface area contributed by atoms with Crippen molar-refractivity contribution in [3.05, 3.63) is 0 Å². The van der Waals surface area contributed by atoms with Crippen molar-refractivity contribution >= 4 is 20.0 Å². The van der Waals surface area contributed by atoms with Crippen LogP contribution < -0.4 is 5.32 Å². The number of hydrogen-bond acceptors (Lipinski definition) is 2. The quantitative estimate of drug-likeness (QED) is 0.452. The molecule has 11 heavy (non-hydrogen) atoms. The second kappa shape index (κ2) is 7.07. The van der Waals surface area contributed by atoms with E-state index in [2.05, 4.69) is 5.32 Å². The lowest BCUT2D eigenvalue weighted by Gasteiger charge is -2.03. The van der Waals surface area contributed by atoms with Gasteiger partial charge >= 0.3 is 7.60 Å². The Balaban J connectivity index is 0. The molecular formula is C5H15ClNO3P. The van der Waals surface area contributed by atoms with E-state index >= 15 is 0 Å². The van der Waals surface area contributed by atoms with Crippen molar-refractivity contribution < 1.29 is 14.4 Å². The third-order valence-corrected chi connectivity index (χ3v) is 1.81. The molecule has 0 aliphatic carbocycles. The van der Waals surface area contributed by atoms with E-state index in [9.17, 15) is 4.57 Å². The van der Waals surface area contributed by atoms with Gasteiger partial charge in [-0.05, 0) is 13.0 Å². The molecule has 0 aliphatic heterocycles. The highest BCUT2D eigenvalue weighted by Crippen LogP contribution is 2.32. The van der Waals surface area contributed by atoms with Crippen LogP contribution in [0.4, 0.5) is 0 Å². The molecule has 0 aliphatic rings. The smallest absolute Gasteiger partial charge is 0.324 e. The Labute approximate surface area is 73.0 Å². The predicted molar refractivity (Wildman–Crippen MR) is 47.3 cm³/mol. The molecule has 6 heteroatoms. The van der Waals surface area contributed by atoms with Gasteiger partial charge in [0, 0.05) is 6.54 Å². The van der Waals surface area contributed by atoms with Crippen molar-refractivity contribution in [1.82, 2.24) is 5.32 Å². The maximum atomic E-state index is 10.2. The van der Waals surface area contributed by atoms with Crippen molar-refractivity contribution in [3.8, 4) is 0 Å². The van der Waals surface area contributed by atoms with Crippen LogP contribution in [-0.2, 0) is 4.57 Å². The van der Waals surface area contributed by atoms with Crippen LogP contribution in [0.5, 0.6) is 0 Å². The molecule has 4 nitrogen and oxygen atoms in total. The standard InChI is InChI=1S/C5H14NO3P.ClH/c1-2-3-6-4-5-10(7,8)9;/h6H,2-5H2,1H3,(H2,7,8,9);1H. The van der Waals surface area contributed by atoms with Gasteiger partial charge in [0.05, 0.1) is 6.16 Å². The first-order valence-electron chi connectivity index (χ1n) is 3.31. The average molecular weight is 204 g/mol. The van der Waals surface area contributed by atoms with E-state index in [0.29, 0.717) is 6.54 Å². The molecule has 0 unspecified atom stereocenters. The van der Waals surface area contributed by atoms with Gasteiger partial charge in [-0.25, -0.2) is 0 Å². The summed E-state index contributed by atoms with van der Waals surface area (Å²) in [5, 5.41) is 2.90. The van der Waals surface area contributed by atoms with E-state index in [-0.39, 0.29) is 18.6 Å². The van der Waals surface area contributed by atoms with E-state index in [1.165, 1.54) is 0 Å². The summed E-state index contributed by atoms with van der Waals surface area (Å²) in [6.07, 6.45) is 0.925. The van der Waals surface area contributed by atoms with Crippen LogP contribution in [0, 0.1) is 0 Å². The molecule has 0 radical (unpaired) electrons. The summed E-state index contributed by atoms with van der Waals surface area (Å²) in [4.78, 5) is 16.8. The fourth-order valence-corrected chi connectivity index (χ4v) is 0.976. The number of rotatable bonds is 5. The SMILES string of the molecule is CCCNCCP(=O)(O)O.Cl. The van der Waals surface area contributed by atoms with Crippen molar-refractivity contribution in [2.24, 2.45) is 0 Å². The minimum absolute atomic E-state index is 0. The van der Waals surface area contributed by atoms with E-state index in [0.717, 1.165) is 13.0 Å². The van der Waals surface area contributed by atoms with Crippen LogP contribution in [0.2, 0.25) is 0 Å². The lowest BCUT2D eigenvalue weighted by Crippen LogP contribution is -2.18. The van der Waals surface area contributed by atoms with Gasteiger partial charge in [0.1, 0.15) is 0 Å². The number of hydrogen-bond donors (Lipinski definition) is 3. The lowest BCUT2D eigenvalue weighted by molar-refractivity contribution is 0.372. The molecule has 3 N–H and O–H groups in total. The molecule has 0 saturated heterocycles. The zero-order chi connectivity index (χ0) is 8.04. The topological polar surface area (TPSA) is 69.6 Å². The second-order valence-electron chi connectivity index (χ2n) is 2.14. The Morgan fingerprint density at radius 1 is 1.36 bits per heavy atom. The van der Waals surface area contributed by atoms with Gasteiger partial charge in [-0.2, -0.15) is 0 Å². The van der Waals surface area contributed by atoms with Crippen molar-refractivity contribution in [3.63, 3.8) is 0 Å². The van der Waals surface area contributed by atoms with Crippen LogP contribution in [0.15, 0.2) is 0 Å². The minimum Gasteiger partial charge on any atom is -0.324 e. The Morgan fingerprint density at radius 3 is 2.27 bits per heavy atom. The molecule has 0 heterocycles. The fourth-order valence-electron chi connectivity index (χ4n) is 0.526. The third-order valence-electron chi connectivity index (χ3n) is 1.01. The Bertz CT molecular complexity index is 127. The minimum atomic E-state index is -3.77. The van der Waals surface area contributed by atoms with Gasteiger partial charge in [-0.1, -0.05) is 6.92 Å². The fraction of sp³-hybridized carbons (Fsp3) is 1.00. The van der Waals surface area contributed by atoms with Gasteiger partial charge in [0.25, 0.3) is 0 Å². The Hall–Kier alpha value is 0.400. The molecule has 0 atom stereocenters. The summed E-state index contributed by atoms with van der Waals surface area (Å²) in [6, 6.07) is 0. The van der Waals surface area contributed by atoms with Crippen LogP contribution in [0.1, 0.15) is 13.3 Å². The lowest BCUT2D eigenvalue weighted by atomic mass is 10.5. The van der Waals surface area contributed by atoms with Crippen LogP contribution in [0.25, 0.3) is 0 Å². The van der Waals surface area contributed by atoms with Gasteiger partial charge < -0.3 is 15.1 Å². The Morgan fingerprint density at radius 2 is 1.91 bits per heavy atom. The summed E-state index contributed by atoms with van der Waals surface area (Å²) < 4.78 is 10.2. The zero-order valence-corrected chi connectivity index (χ0v) is 8.20. The third kappa shape index (κ3) is 13.4. The average Bonchev–Trinajstić information content (AvgIpc) is 1.78. The van der Waals surface area contributed by atoms with Crippen molar-refractivity contribution in [2.75, 3.05) is 19.3 Å². The molecule has 0 bridgehead atoms. The highest BCUT2D eigenvalue weighted by Gasteiger charge is 2.10. The second-order valence-corrected chi connectivity index (χ2v) is 3.91. The summed E-state index contributed by atoms with van der Waals surface area (Å²) >= 11 is 0. The normalized spacial score (nSPS) is 10.8. The van der Waals surface area contributed by atoms with E-state index in [1.54, 1.807) is 0 Å². The van der Waals surface area contributed by atoms with Gasteiger partial charge in [0.15, 0.2) is 0 Å². The highest BCUT2D eigenvalue weighted by molar-refractivity contribution is 7.51. The molecule has 70 valence electrons. The number of nitrogens with one attached hydrogen (secondary N) is 1. The van der Waals surface area contributed by atoms with Crippen molar-refractivity contribution in [1.29, 1.82) is 0 Å². The molecule has 0 rings (SSSR count). The zero-order valence-electron chi connectivity index (χ0n) is 6.49. The summed E-state index contributed by atoms with van der Waals surface area (Å²) in [7, 11) is -3.77. The van der Waals surface area contributed by atoms with Crippen LogP contribution >= 0.6 is 20.0 Å². The number of halogens is 1. The molecule has 0 aromatic rings. The summed E-state index contributed by atoms with van der Waals surface area (Å²) in [6.45, 7) is 3.22.